The van der Waals surface area contributed by atoms with Gasteiger partial charge in [0.15, 0.2) is 0 Å². The van der Waals surface area contributed by atoms with Gasteiger partial charge in [-0.3, -0.25) is 0 Å². The topological polar surface area (TPSA) is 36.9 Å². The number of hydrogen-bond acceptors (Lipinski definition) is 4. The van der Waals surface area contributed by atoms with E-state index in [1.165, 1.54) is 12.6 Å². The van der Waals surface area contributed by atoms with Crippen molar-refractivity contribution in [2.75, 3.05) is 46.7 Å². The van der Waals surface area contributed by atoms with Gasteiger partial charge in [-0.05, 0) is 6.16 Å². The Hall–Kier alpha value is 0.270. The van der Waals surface area contributed by atoms with Crippen LogP contribution in [0.15, 0.2) is 0 Å². The van der Waals surface area contributed by atoms with Crippen molar-refractivity contribution in [2.24, 2.45) is 0 Å². The van der Waals surface area contributed by atoms with Gasteiger partial charge in [-0.2, -0.15) is 0 Å². The minimum atomic E-state index is -0.188. The summed E-state index contributed by atoms with van der Waals surface area (Å²) in [4.78, 5) is 0. The van der Waals surface area contributed by atoms with E-state index in [0.29, 0.717) is 13.6 Å². The molecule has 14 heavy (non-hydrogen) atoms. The fourth-order valence-electron chi connectivity index (χ4n) is 0.982. The number of methoxy groups -OCH3 is 2. The van der Waals surface area contributed by atoms with Gasteiger partial charge in [-0.15, -0.1) is 0 Å². The molecule has 0 rings (SSSR count). The number of ether oxygens (including phenoxy) is 4. The average Bonchev–Trinajstić information content (AvgIpc) is 2.18. The predicted octanol–water partition coefficient (Wildman–Crippen LogP) is 2.03. The molecule has 4 nitrogen and oxygen atoms in total. The van der Waals surface area contributed by atoms with Crippen LogP contribution in [0.1, 0.15) is 13.3 Å². The van der Waals surface area contributed by atoms with Crippen molar-refractivity contribution in [1.29, 1.82) is 0 Å². The van der Waals surface area contributed by atoms with Crippen LogP contribution in [0.4, 0.5) is 0 Å². The van der Waals surface area contributed by atoms with Crippen LogP contribution in [0, 0.1) is 0 Å². The van der Waals surface area contributed by atoms with Crippen molar-refractivity contribution in [3.8, 4) is 0 Å². The maximum Gasteiger partial charge on any atom is 0.146 e. The highest BCUT2D eigenvalue weighted by molar-refractivity contribution is 7.57. The predicted molar refractivity (Wildman–Crippen MR) is 57.7 cm³/mol. The van der Waals surface area contributed by atoms with Crippen molar-refractivity contribution in [2.45, 2.75) is 13.3 Å². The van der Waals surface area contributed by atoms with Crippen LogP contribution in [0.3, 0.4) is 0 Å². The summed E-state index contributed by atoms with van der Waals surface area (Å²) in [6.45, 7) is 2.90. The molecule has 0 fully saturated rings. The summed E-state index contributed by atoms with van der Waals surface area (Å²) in [6.07, 6.45) is 3.84. The second-order valence-corrected chi connectivity index (χ2v) is 5.18. The van der Waals surface area contributed by atoms with Crippen LogP contribution < -0.4 is 0 Å². The van der Waals surface area contributed by atoms with Gasteiger partial charge in [-0.25, -0.2) is 0 Å². The van der Waals surface area contributed by atoms with Gasteiger partial charge >= 0.3 is 0 Å². The third-order valence-electron chi connectivity index (χ3n) is 1.49. The lowest BCUT2D eigenvalue weighted by Crippen LogP contribution is -2.05. The van der Waals surface area contributed by atoms with E-state index in [1.54, 1.807) is 14.2 Å². The van der Waals surface area contributed by atoms with Crippen LogP contribution >= 0.6 is 7.92 Å². The van der Waals surface area contributed by atoms with Gasteiger partial charge in [0.25, 0.3) is 0 Å². The van der Waals surface area contributed by atoms with E-state index in [9.17, 15) is 0 Å². The Morgan fingerprint density at radius 1 is 0.929 bits per heavy atom. The molecule has 0 aliphatic heterocycles. The van der Waals surface area contributed by atoms with Gasteiger partial charge in [-0.1, -0.05) is 21.3 Å². The molecule has 0 bridgehead atoms. The highest BCUT2D eigenvalue weighted by atomic mass is 31.1. The van der Waals surface area contributed by atoms with Gasteiger partial charge in [0.2, 0.25) is 0 Å². The Kier molecular flexibility index (Phi) is 11.6. The first-order valence-electron chi connectivity index (χ1n) is 4.70. The monoisotopic (exact) mass is 224 g/mol. The molecular formula is C9H21O4P. The molecule has 5 heteroatoms. The molecule has 0 aromatic heterocycles. The van der Waals surface area contributed by atoms with Crippen LogP contribution in [0.2, 0.25) is 0 Å². The quantitative estimate of drug-likeness (QED) is 0.323. The summed E-state index contributed by atoms with van der Waals surface area (Å²) in [6, 6.07) is 0. The molecule has 0 spiro atoms. The van der Waals surface area contributed by atoms with Crippen molar-refractivity contribution in [1.82, 2.24) is 0 Å². The van der Waals surface area contributed by atoms with Gasteiger partial charge in [0.05, 0.1) is 12.7 Å². The Balaban J connectivity index is 3.44. The van der Waals surface area contributed by atoms with E-state index >= 15 is 0 Å². The van der Waals surface area contributed by atoms with Crippen LogP contribution in [0.5, 0.6) is 0 Å². The summed E-state index contributed by atoms with van der Waals surface area (Å²) in [5, 5.41) is 0. The zero-order valence-electron chi connectivity index (χ0n) is 9.32. The Morgan fingerprint density at radius 2 is 1.43 bits per heavy atom. The minimum Gasteiger partial charge on any atom is -0.359 e. The molecule has 0 radical (unpaired) electrons. The summed E-state index contributed by atoms with van der Waals surface area (Å²) < 4.78 is 20.3. The van der Waals surface area contributed by atoms with Crippen molar-refractivity contribution >= 4 is 7.92 Å². The second kappa shape index (κ2) is 11.3. The summed E-state index contributed by atoms with van der Waals surface area (Å²) in [5.41, 5.74) is 0. The number of hydrogen-bond donors (Lipinski definition) is 0. The lowest BCUT2D eigenvalue weighted by molar-refractivity contribution is -0.0192. The highest BCUT2D eigenvalue weighted by Gasteiger charge is 2.06. The molecular weight excluding hydrogens is 203 g/mol. The van der Waals surface area contributed by atoms with Gasteiger partial charge in [0, 0.05) is 14.2 Å². The molecule has 0 aliphatic rings. The molecule has 0 aromatic rings. The largest absolute Gasteiger partial charge is 0.359 e. The first kappa shape index (κ1) is 14.3. The first-order chi connectivity index (χ1) is 6.85. The summed E-state index contributed by atoms with van der Waals surface area (Å²) in [5.74, 6) is 0. The van der Waals surface area contributed by atoms with Crippen LogP contribution in [-0.2, 0) is 18.9 Å². The third kappa shape index (κ3) is 8.85. The molecule has 0 N–H and O–H groups in total. The first-order valence-corrected chi connectivity index (χ1v) is 6.60. The maximum atomic E-state index is 5.31. The lowest BCUT2D eigenvalue weighted by Gasteiger charge is -2.16. The molecule has 86 valence electrons. The standard InChI is InChI=1S/C9H21O4P/c1-4-5-14(8-12-6-10-2)9-13-7-11-3/h4-9H2,1-3H3. The SMILES string of the molecule is CCCP(COCOC)COCOC. The fraction of sp³-hybridized carbons (Fsp3) is 1.00. The van der Waals surface area contributed by atoms with Crippen molar-refractivity contribution < 1.29 is 18.9 Å². The van der Waals surface area contributed by atoms with Crippen LogP contribution in [0.25, 0.3) is 0 Å². The summed E-state index contributed by atoms with van der Waals surface area (Å²) >= 11 is 0. The van der Waals surface area contributed by atoms with E-state index in [4.69, 9.17) is 18.9 Å². The minimum absolute atomic E-state index is 0.188. The second-order valence-electron chi connectivity index (χ2n) is 2.87. The third-order valence-corrected chi connectivity index (χ3v) is 3.67. The fourth-order valence-corrected chi connectivity index (χ4v) is 2.61. The van der Waals surface area contributed by atoms with E-state index in [2.05, 4.69) is 6.92 Å². The van der Waals surface area contributed by atoms with E-state index in [-0.39, 0.29) is 7.92 Å². The zero-order valence-corrected chi connectivity index (χ0v) is 10.2. The van der Waals surface area contributed by atoms with E-state index < -0.39 is 0 Å². The van der Waals surface area contributed by atoms with Crippen molar-refractivity contribution in [3.63, 3.8) is 0 Å². The zero-order chi connectivity index (χ0) is 10.6. The number of rotatable bonds is 10. The molecule has 0 heterocycles. The molecule has 0 atom stereocenters. The summed E-state index contributed by atoms with van der Waals surface area (Å²) in [7, 11) is 3.07. The molecule has 0 aromatic carbocycles. The molecule has 0 unspecified atom stereocenters. The smallest absolute Gasteiger partial charge is 0.146 e. The van der Waals surface area contributed by atoms with Crippen molar-refractivity contribution in [3.05, 3.63) is 0 Å². The molecule has 0 saturated heterocycles. The lowest BCUT2D eigenvalue weighted by atomic mass is 10.6. The average molecular weight is 224 g/mol. The van der Waals surface area contributed by atoms with Gasteiger partial charge in [0.1, 0.15) is 13.6 Å². The Bertz CT molecular complexity index is 103. The van der Waals surface area contributed by atoms with Gasteiger partial charge < -0.3 is 18.9 Å². The molecule has 0 saturated carbocycles. The maximum absolute atomic E-state index is 5.31. The molecule has 0 aliphatic carbocycles. The van der Waals surface area contributed by atoms with E-state index in [0.717, 1.165) is 12.7 Å². The van der Waals surface area contributed by atoms with E-state index in [1.807, 2.05) is 0 Å². The normalized spacial score (nSPS) is 11.1. The molecule has 0 amide bonds. The Morgan fingerprint density at radius 3 is 1.79 bits per heavy atom. The van der Waals surface area contributed by atoms with Crippen LogP contribution in [-0.4, -0.2) is 46.7 Å². The highest BCUT2D eigenvalue weighted by Crippen LogP contribution is 2.35. The Labute approximate surface area is 87.6 Å².